The van der Waals surface area contributed by atoms with Gasteiger partial charge in [0.2, 0.25) is 0 Å². The second kappa shape index (κ2) is 5.40. The molecular weight excluding hydrogens is 271 g/mol. The van der Waals surface area contributed by atoms with Crippen LogP contribution in [0.5, 0.6) is 0 Å². The molecule has 1 aliphatic carbocycles. The fraction of sp³-hybridized carbons (Fsp3) is 0.562. The third kappa shape index (κ3) is 2.85. The Hall–Kier alpha value is -1.03. The summed E-state index contributed by atoms with van der Waals surface area (Å²) in [6.07, 6.45) is 4.98. The molecule has 0 bridgehead atoms. The SMILES string of the molecule is Cc1cc(NC2=NC3(CCC(C)CC3)CS2)ccc1F. The number of benzene rings is 1. The molecule has 1 aromatic carbocycles. The number of hydrogen-bond donors (Lipinski definition) is 1. The number of thioether (sulfide) groups is 1. The van der Waals surface area contributed by atoms with Crippen LogP contribution in [0.1, 0.15) is 38.2 Å². The molecule has 1 heterocycles. The highest BCUT2D eigenvalue weighted by Crippen LogP contribution is 2.41. The zero-order valence-electron chi connectivity index (χ0n) is 12.1. The number of hydrogen-bond acceptors (Lipinski definition) is 3. The Morgan fingerprint density at radius 3 is 2.80 bits per heavy atom. The lowest BCUT2D eigenvalue weighted by atomic mass is 9.79. The van der Waals surface area contributed by atoms with Gasteiger partial charge in [0.05, 0.1) is 5.54 Å². The second-order valence-corrected chi connectivity index (χ2v) is 7.17. The van der Waals surface area contributed by atoms with Crippen molar-refractivity contribution in [2.75, 3.05) is 11.1 Å². The van der Waals surface area contributed by atoms with Crippen molar-refractivity contribution in [2.45, 2.75) is 45.1 Å². The van der Waals surface area contributed by atoms with Crippen LogP contribution in [0.2, 0.25) is 0 Å². The van der Waals surface area contributed by atoms with E-state index in [1.54, 1.807) is 24.8 Å². The molecular formula is C16H21FN2S. The maximum Gasteiger partial charge on any atom is 0.161 e. The summed E-state index contributed by atoms with van der Waals surface area (Å²) in [4.78, 5) is 4.94. The van der Waals surface area contributed by atoms with Crippen molar-refractivity contribution < 1.29 is 4.39 Å². The van der Waals surface area contributed by atoms with Gasteiger partial charge < -0.3 is 5.32 Å². The summed E-state index contributed by atoms with van der Waals surface area (Å²) in [6.45, 7) is 4.12. The summed E-state index contributed by atoms with van der Waals surface area (Å²) in [5.41, 5.74) is 1.75. The minimum absolute atomic E-state index is 0.158. The van der Waals surface area contributed by atoms with Gasteiger partial charge in [-0.3, -0.25) is 4.99 Å². The lowest BCUT2D eigenvalue weighted by Crippen LogP contribution is -2.32. The Kier molecular flexibility index (Phi) is 3.76. The number of anilines is 1. The molecule has 4 heteroatoms. The third-order valence-corrected chi connectivity index (χ3v) is 5.58. The molecule has 0 radical (unpaired) electrons. The van der Waals surface area contributed by atoms with Crippen LogP contribution in [0.3, 0.4) is 0 Å². The Bertz CT molecular complexity index is 533. The Morgan fingerprint density at radius 1 is 1.35 bits per heavy atom. The van der Waals surface area contributed by atoms with Crippen LogP contribution >= 0.6 is 11.8 Å². The molecule has 1 aromatic rings. The van der Waals surface area contributed by atoms with Gasteiger partial charge in [0, 0.05) is 11.4 Å². The predicted octanol–water partition coefficient (Wildman–Crippen LogP) is 4.60. The van der Waals surface area contributed by atoms with E-state index in [1.807, 2.05) is 6.07 Å². The highest BCUT2D eigenvalue weighted by Gasteiger charge is 2.38. The quantitative estimate of drug-likeness (QED) is 0.818. The van der Waals surface area contributed by atoms with E-state index in [-0.39, 0.29) is 11.4 Å². The van der Waals surface area contributed by atoms with Crippen LogP contribution in [-0.2, 0) is 0 Å². The number of aliphatic imine (C=N–C) groups is 1. The minimum Gasteiger partial charge on any atom is -0.335 e. The lowest BCUT2D eigenvalue weighted by molar-refractivity contribution is 0.273. The van der Waals surface area contributed by atoms with Gasteiger partial charge in [0.25, 0.3) is 0 Å². The summed E-state index contributed by atoms with van der Waals surface area (Å²) in [6, 6.07) is 5.13. The van der Waals surface area contributed by atoms with Crippen molar-refractivity contribution in [2.24, 2.45) is 10.9 Å². The van der Waals surface area contributed by atoms with Gasteiger partial charge in [-0.25, -0.2) is 4.39 Å². The molecule has 2 aliphatic rings. The van der Waals surface area contributed by atoms with Gasteiger partial charge >= 0.3 is 0 Å². The van der Waals surface area contributed by atoms with Crippen LogP contribution < -0.4 is 5.32 Å². The van der Waals surface area contributed by atoms with E-state index >= 15 is 0 Å². The van der Waals surface area contributed by atoms with Crippen LogP contribution in [-0.4, -0.2) is 16.5 Å². The number of rotatable bonds is 1. The van der Waals surface area contributed by atoms with Crippen molar-refractivity contribution in [3.05, 3.63) is 29.6 Å². The fourth-order valence-corrected chi connectivity index (χ4v) is 4.16. The first-order chi connectivity index (χ1) is 9.56. The number of aryl methyl sites for hydroxylation is 1. The summed E-state index contributed by atoms with van der Waals surface area (Å²) in [5, 5.41) is 4.33. The molecule has 1 N–H and O–H groups in total. The maximum atomic E-state index is 13.3. The molecule has 0 aromatic heterocycles. The van der Waals surface area contributed by atoms with Gasteiger partial charge in [0.1, 0.15) is 5.82 Å². The van der Waals surface area contributed by atoms with Crippen LogP contribution in [0.15, 0.2) is 23.2 Å². The predicted molar refractivity (Wildman–Crippen MR) is 85.0 cm³/mol. The monoisotopic (exact) mass is 292 g/mol. The molecule has 2 nitrogen and oxygen atoms in total. The van der Waals surface area contributed by atoms with Crippen molar-refractivity contribution in [3.8, 4) is 0 Å². The van der Waals surface area contributed by atoms with Gasteiger partial charge in [0.15, 0.2) is 5.17 Å². The summed E-state index contributed by atoms with van der Waals surface area (Å²) in [5.74, 6) is 1.77. The summed E-state index contributed by atoms with van der Waals surface area (Å²) >= 11 is 1.80. The number of nitrogens with one attached hydrogen (secondary N) is 1. The molecule has 108 valence electrons. The fourth-order valence-electron chi connectivity index (χ4n) is 2.95. The van der Waals surface area contributed by atoms with Crippen molar-refractivity contribution >= 4 is 22.6 Å². The first-order valence-corrected chi connectivity index (χ1v) is 8.31. The highest BCUT2D eigenvalue weighted by atomic mass is 32.2. The van der Waals surface area contributed by atoms with Gasteiger partial charge in [-0.1, -0.05) is 18.7 Å². The molecule has 3 rings (SSSR count). The van der Waals surface area contributed by atoms with E-state index < -0.39 is 0 Å². The van der Waals surface area contributed by atoms with Gasteiger partial charge in [-0.05, 0) is 62.3 Å². The zero-order valence-corrected chi connectivity index (χ0v) is 12.9. The molecule has 0 saturated heterocycles. The standard InChI is InChI=1S/C16H21FN2S/c1-11-5-7-16(8-6-11)10-20-15(19-16)18-13-3-4-14(17)12(2)9-13/h3-4,9,11H,5-8,10H2,1-2H3,(H,18,19). The van der Waals surface area contributed by atoms with Crippen molar-refractivity contribution in [1.82, 2.24) is 0 Å². The first kappa shape index (κ1) is 13.9. The second-order valence-electron chi connectivity index (χ2n) is 6.20. The Balaban J connectivity index is 1.71. The normalized spacial score (nSPS) is 29.6. The molecule has 1 fully saturated rings. The molecule has 1 aliphatic heterocycles. The minimum atomic E-state index is -0.158. The average Bonchev–Trinajstić information content (AvgIpc) is 2.81. The number of amidine groups is 1. The zero-order chi connectivity index (χ0) is 14.2. The van der Waals surface area contributed by atoms with E-state index in [9.17, 15) is 4.39 Å². The van der Waals surface area contributed by atoms with Gasteiger partial charge in [-0.2, -0.15) is 0 Å². The maximum absolute atomic E-state index is 13.3. The van der Waals surface area contributed by atoms with Crippen molar-refractivity contribution in [1.29, 1.82) is 0 Å². The smallest absolute Gasteiger partial charge is 0.161 e. The topological polar surface area (TPSA) is 24.4 Å². The Morgan fingerprint density at radius 2 is 2.10 bits per heavy atom. The highest BCUT2D eigenvalue weighted by molar-refractivity contribution is 8.14. The molecule has 1 spiro atoms. The van der Waals surface area contributed by atoms with Crippen LogP contribution in [0.4, 0.5) is 10.1 Å². The first-order valence-electron chi connectivity index (χ1n) is 7.32. The van der Waals surface area contributed by atoms with Crippen LogP contribution in [0, 0.1) is 18.7 Å². The van der Waals surface area contributed by atoms with E-state index in [0.717, 1.165) is 22.5 Å². The Labute approximate surface area is 124 Å². The van der Waals surface area contributed by atoms with Crippen molar-refractivity contribution in [3.63, 3.8) is 0 Å². The molecule has 0 atom stereocenters. The van der Waals surface area contributed by atoms with Gasteiger partial charge in [-0.15, -0.1) is 0 Å². The van der Waals surface area contributed by atoms with E-state index in [1.165, 1.54) is 31.7 Å². The number of halogens is 1. The molecule has 1 saturated carbocycles. The molecule has 0 amide bonds. The van der Waals surface area contributed by atoms with E-state index in [2.05, 4.69) is 12.2 Å². The largest absolute Gasteiger partial charge is 0.335 e. The summed E-state index contributed by atoms with van der Waals surface area (Å²) < 4.78 is 13.3. The molecule has 20 heavy (non-hydrogen) atoms. The molecule has 0 unspecified atom stereocenters. The summed E-state index contributed by atoms with van der Waals surface area (Å²) in [7, 11) is 0. The lowest BCUT2D eigenvalue weighted by Gasteiger charge is -2.32. The van der Waals surface area contributed by atoms with E-state index in [4.69, 9.17) is 4.99 Å². The number of nitrogens with zero attached hydrogens (tertiary/aromatic N) is 1. The third-order valence-electron chi connectivity index (χ3n) is 4.43. The average molecular weight is 292 g/mol. The van der Waals surface area contributed by atoms with Crippen LogP contribution in [0.25, 0.3) is 0 Å². The van der Waals surface area contributed by atoms with E-state index in [0.29, 0.717) is 5.56 Å².